The summed E-state index contributed by atoms with van der Waals surface area (Å²) in [6, 6.07) is 11.5. The van der Waals surface area contributed by atoms with E-state index in [0.29, 0.717) is 24.4 Å². The molecular formula is C15H13BrN4O. The lowest BCUT2D eigenvalue weighted by atomic mass is 10.1. The lowest BCUT2D eigenvalue weighted by Crippen LogP contribution is -2.25. The summed E-state index contributed by atoms with van der Waals surface area (Å²) in [5.74, 6) is 0.660. The van der Waals surface area contributed by atoms with E-state index in [2.05, 4.69) is 36.2 Å². The van der Waals surface area contributed by atoms with Crippen molar-refractivity contribution in [2.75, 3.05) is 0 Å². The number of fused-ring (bicyclic) bond motifs is 1. The number of aromatic amines is 1. The number of carbonyl (C=O) groups excluding carboxylic acids is 1. The predicted molar refractivity (Wildman–Crippen MR) is 83.6 cm³/mol. The number of pyridine rings is 1. The molecule has 0 saturated carbocycles. The Morgan fingerprint density at radius 1 is 1.29 bits per heavy atom. The minimum atomic E-state index is -0.0317. The molecule has 1 amide bonds. The summed E-state index contributed by atoms with van der Waals surface area (Å²) in [5, 5.41) is 2.85. The standard InChI is InChI=1S/C15H13BrN4O/c16-11-7-12-15(18-8-11)20-13(19-12)9-17-14(21)6-10-4-2-1-3-5-10/h1-5,7-8H,6,9H2,(H,17,21)(H,18,19,20). The minimum Gasteiger partial charge on any atom is -0.349 e. The number of halogens is 1. The van der Waals surface area contributed by atoms with Gasteiger partial charge in [0.05, 0.1) is 18.5 Å². The molecule has 3 aromatic rings. The lowest BCUT2D eigenvalue weighted by molar-refractivity contribution is -0.120. The highest BCUT2D eigenvalue weighted by molar-refractivity contribution is 9.10. The van der Waals surface area contributed by atoms with Gasteiger partial charge in [-0.3, -0.25) is 4.79 Å². The topological polar surface area (TPSA) is 70.7 Å². The summed E-state index contributed by atoms with van der Waals surface area (Å²) in [4.78, 5) is 23.5. The Labute approximate surface area is 129 Å². The molecule has 3 rings (SSSR count). The average Bonchev–Trinajstić information content (AvgIpc) is 2.88. The number of nitrogens with zero attached hydrogens (tertiary/aromatic N) is 2. The summed E-state index contributed by atoms with van der Waals surface area (Å²) in [5.41, 5.74) is 2.48. The van der Waals surface area contributed by atoms with Gasteiger partial charge in [-0.05, 0) is 27.6 Å². The van der Waals surface area contributed by atoms with Crippen LogP contribution in [-0.4, -0.2) is 20.9 Å². The van der Waals surface area contributed by atoms with Crippen molar-refractivity contribution < 1.29 is 4.79 Å². The molecule has 2 aromatic heterocycles. The van der Waals surface area contributed by atoms with Crippen LogP contribution in [0.25, 0.3) is 11.2 Å². The zero-order chi connectivity index (χ0) is 14.7. The Morgan fingerprint density at radius 2 is 2.10 bits per heavy atom. The van der Waals surface area contributed by atoms with E-state index < -0.39 is 0 Å². The second-order valence-corrected chi connectivity index (χ2v) is 5.56. The van der Waals surface area contributed by atoms with Crippen LogP contribution in [0.15, 0.2) is 47.1 Å². The number of amides is 1. The molecule has 2 N–H and O–H groups in total. The number of rotatable bonds is 4. The first-order valence-corrected chi connectivity index (χ1v) is 7.31. The monoisotopic (exact) mass is 344 g/mol. The summed E-state index contributed by atoms with van der Waals surface area (Å²) in [6.07, 6.45) is 2.06. The molecule has 0 aliphatic carbocycles. The number of hydrogen-bond donors (Lipinski definition) is 2. The van der Waals surface area contributed by atoms with Crippen molar-refractivity contribution in [2.24, 2.45) is 0 Å². The fraction of sp³-hybridized carbons (Fsp3) is 0.133. The molecule has 0 fully saturated rings. The molecule has 0 aliphatic heterocycles. The van der Waals surface area contributed by atoms with Gasteiger partial charge in [0, 0.05) is 10.7 Å². The number of imidazole rings is 1. The normalized spacial score (nSPS) is 10.7. The van der Waals surface area contributed by atoms with Gasteiger partial charge >= 0.3 is 0 Å². The van der Waals surface area contributed by atoms with Crippen molar-refractivity contribution in [1.82, 2.24) is 20.3 Å². The Kier molecular flexibility index (Phi) is 3.96. The maximum atomic E-state index is 11.9. The van der Waals surface area contributed by atoms with E-state index >= 15 is 0 Å². The molecule has 0 spiro atoms. The van der Waals surface area contributed by atoms with Crippen LogP contribution < -0.4 is 5.32 Å². The SMILES string of the molecule is O=C(Cc1ccccc1)NCc1nc2ncc(Br)cc2[nH]1. The highest BCUT2D eigenvalue weighted by Crippen LogP contribution is 2.14. The smallest absolute Gasteiger partial charge is 0.224 e. The van der Waals surface area contributed by atoms with E-state index in [9.17, 15) is 4.79 Å². The Bertz CT molecular complexity index is 770. The molecule has 106 valence electrons. The number of H-pyrrole nitrogens is 1. The van der Waals surface area contributed by atoms with Crippen LogP contribution in [0.2, 0.25) is 0 Å². The first-order chi connectivity index (χ1) is 10.2. The van der Waals surface area contributed by atoms with E-state index in [1.807, 2.05) is 36.4 Å². The zero-order valence-electron chi connectivity index (χ0n) is 11.1. The van der Waals surface area contributed by atoms with E-state index in [1.165, 1.54) is 0 Å². The van der Waals surface area contributed by atoms with E-state index in [0.717, 1.165) is 15.6 Å². The van der Waals surface area contributed by atoms with E-state index in [-0.39, 0.29) is 5.91 Å². The number of carbonyl (C=O) groups is 1. The highest BCUT2D eigenvalue weighted by Gasteiger charge is 2.07. The molecule has 0 radical (unpaired) electrons. The third-order valence-corrected chi connectivity index (χ3v) is 3.45. The molecular weight excluding hydrogens is 332 g/mol. The van der Waals surface area contributed by atoms with Crippen molar-refractivity contribution >= 4 is 33.0 Å². The summed E-state index contributed by atoms with van der Waals surface area (Å²) in [6.45, 7) is 0.361. The molecule has 0 bridgehead atoms. The molecule has 1 aromatic carbocycles. The second kappa shape index (κ2) is 6.05. The number of hydrogen-bond acceptors (Lipinski definition) is 3. The van der Waals surface area contributed by atoms with Crippen LogP contribution in [0.4, 0.5) is 0 Å². The summed E-state index contributed by atoms with van der Waals surface area (Å²) < 4.78 is 0.887. The molecule has 0 aliphatic rings. The van der Waals surface area contributed by atoms with Gasteiger partial charge in [-0.2, -0.15) is 0 Å². The molecule has 0 atom stereocenters. The molecule has 5 nitrogen and oxygen atoms in total. The van der Waals surface area contributed by atoms with Gasteiger partial charge < -0.3 is 10.3 Å². The highest BCUT2D eigenvalue weighted by atomic mass is 79.9. The molecule has 0 unspecified atom stereocenters. The van der Waals surface area contributed by atoms with Gasteiger partial charge in [-0.15, -0.1) is 0 Å². The Morgan fingerprint density at radius 3 is 2.90 bits per heavy atom. The van der Waals surface area contributed by atoms with Crippen LogP contribution in [-0.2, 0) is 17.8 Å². The van der Waals surface area contributed by atoms with Crippen LogP contribution in [0.5, 0.6) is 0 Å². The van der Waals surface area contributed by atoms with Crippen molar-refractivity contribution in [1.29, 1.82) is 0 Å². The fourth-order valence-electron chi connectivity index (χ4n) is 2.03. The van der Waals surface area contributed by atoms with E-state index in [4.69, 9.17) is 0 Å². The molecule has 2 heterocycles. The first-order valence-electron chi connectivity index (χ1n) is 6.51. The van der Waals surface area contributed by atoms with Crippen molar-refractivity contribution in [2.45, 2.75) is 13.0 Å². The van der Waals surface area contributed by atoms with Crippen LogP contribution in [0.1, 0.15) is 11.4 Å². The van der Waals surface area contributed by atoms with Gasteiger partial charge in [0.15, 0.2) is 5.65 Å². The molecule has 21 heavy (non-hydrogen) atoms. The van der Waals surface area contributed by atoms with Gasteiger partial charge in [-0.25, -0.2) is 9.97 Å². The maximum absolute atomic E-state index is 11.9. The lowest BCUT2D eigenvalue weighted by Gasteiger charge is -2.03. The van der Waals surface area contributed by atoms with Crippen LogP contribution in [0, 0.1) is 0 Å². The maximum Gasteiger partial charge on any atom is 0.224 e. The van der Waals surface area contributed by atoms with Crippen molar-refractivity contribution in [3.8, 4) is 0 Å². The zero-order valence-corrected chi connectivity index (χ0v) is 12.7. The Balaban J connectivity index is 1.62. The number of aromatic nitrogens is 3. The largest absolute Gasteiger partial charge is 0.349 e. The van der Waals surface area contributed by atoms with Gasteiger partial charge in [0.1, 0.15) is 5.82 Å². The first kappa shape index (κ1) is 13.8. The van der Waals surface area contributed by atoms with Crippen LogP contribution >= 0.6 is 15.9 Å². The van der Waals surface area contributed by atoms with Gasteiger partial charge in [0.25, 0.3) is 0 Å². The Hall–Kier alpha value is -2.21. The fourth-order valence-corrected chi connectivity index (χ4v) is 2.37. The average molecular weight is 345 g/mol. The second-order valence-electron chi connectivity index (χ2n) is 4.65. The third-order valence-electron chi connectivity index (χ3n) is 3.01. The predicted octanol–water partition coefficient (Wildman–Crippen LogP) is 2.58. The van der Waals surface area contributed by atoms with Crippen molar-refractivity contribution in [3.63, 3.8) is 0 Å². The van der Waals surface area contributed by atoms with Crippen LogP contribution in [0.3, 0.4) is 0 Å². The van der Waals surface area contributed by atoms with Gasteiger partial charge in [-0.1, -0.05) is 30.3 Å². The summed E-state index contributed by atoms with van der Waals surface area (Å²) in [7, 11) is 0. The summed E-state index contributed by atoms with van der Waals surface area (Å²) >= 11 is 3.36. The number of benzene rings is 1. The third kappa shape index (κ3) is 3.46. The molecule has 6 heteroatoms. The van der Waals surface area contributed by atoms with Gasteiger partial charge in [0.2, 0.25) is 5.91 Å². The van der Waals surface area contributed by atoms with Crippen molar-refractivity contribution in [3.05, 3.63) is 58.5 Å². The minimum absolute atomic E-state index is 0.0317. The number of nitrogens with one attached hydrogen (secondary N) is 2. The molecule has 0 saturated heterocycles. The van der Waals surface area contributed by atoms with E-state index in [1.54, 1.807) is 6.20 Å². The quantitative estimate of drug-likeness (QED) is 0.764.